The van der Waals surface area contributed by atoms with E-state index in [9.17, 15) is 8.42 Å². The van der Waals surface area contributed by atoms with Crippen LogP contribution in [0.1, 0.15) is 12.5 Å². The van der Waals surface area contributed by atoms with Crippen LogP contribution < -0.4 is 9.47 Å². The molecule has 112 valence electrons. The van der Waals surface area contributed by atoms with Crippen molar-refractivity contribution in [3.8, 4) is 11.5 Å². The lowest BCUT2D eigenvalue weighted by atomic mass is 10.2. The Labute approximate surface area is 125 Å². The third-order valence-corrected chi connectivity index (χ3v) is 5.07. The first-order valence-corrected chi connectivity index (χ1v) is 8.07. The fourth-order valence-electron chi connectivity index (χ4n) is 2.02. The van der Waals surface area contributed by atoms with E-state index in [1.54, 1.807) is 18.2 Å². The van der Waals surface area contributed by atoms with Crippen LogP contribution in [0.4, 0.5) is 0 Å². The predicted molar refractivity (Wildman–Crippen MR) is 80.8 cm³/mol. The molecule has 0 aromatic heterocycles. The third kappa shape index (κ3) is 3.03. The highest BCUT2D eigenvalue weighted by Gasteiger charge is 2.19. The van der Waals surface area contributed by atoms with Crippen LogP contribution in [-0.2, 0) is 16.3 Å². The van der Waals surface area contributed by atoms with E-state index in [0.717, 1.165) is 12.0 Å². The average Bonchev–Trinajstić information content (AvgIpc) is 2.54. The van der Waals surface area contributed by atoms with Gasteiger partial charge in [-0.3, -0.25) is 0 Å². The zero-order valence-electron chi connectivity index (χ0n) is 12.3. The van der Waals surface area contributed by atoms with E-state index in [-0.39, 0.29) is 9.79 Å². The normalized spacial score (nSPS) is 11.2. The number of hydrogen-bond donors (Lipinski definition) is 0. The molecule has 2 aromatic rings. The molecule has 2 aromatic carbocycles. The summed E-state index contributed by atoms with van der Waals surface area (Å²) in [5.74, 6) is 0.890. The highest BCUT2D eigenvalue weighted by atomic mass is 32.2. The molecule has 0 fully saturated rings. The van der Waals surface area contributed by atoms with E-state index in [4.69, 9.17) is 9.47 Å². The molecule has 0 unspecified atom stereocenters. The van der Waals surface area contributed by atoms with Gasteiger partial charge in [-0.15, -0.1) is 0 Å². The SMILES string of the molecule is CCc1ccc(S(=O)(=O)c2ccc(OC)c(OC)c2)cc1. The maximum Gasteiger partial charge on any atom is 0.206 e. The number of hydrogen-bond acceptors (Lipinski definition) is 4. The molecular weight excluding hydrogens is 288 g/mol. The molecule has 0 amide bonds. The van der Waals surface area contributed by atoms with E-state index in [2.05, 4.69) is 0 Å². The van der Waals surface area contributed by atoms with Crippen LogP contribution in [0.25, 0.3) is 0 Å². The summed E-state index contributed by atoms with van der Waals surface area (Å²) in [4.78, 5) is 0.455. The van der Waals surface area contributed by atoms with Gasteiger partial charge in [0.2, 0.25) is 9.84 Å². The zero-order chi connectivity index (χ0) is 15.5. The largest absolute Gasteiger partial charge is 0.493 e. The molecular formula is C16H18O4S. The van der Waals surface area contributed by atoms with Gasteiger partial charge in [0.15, 0.2) is 11.5 Å². The summed E-state index contributed by atoms with van der Waals surface area (Å²) in [5, 5.41) is 0. The van der Waals surface area contributed by atoms with Gasteiger partial charge in [0.05, 0.1) is 24.0 Å². The van der Waals surface area contributed by atoms with Crippen molar-refractivity contribution in [2.75, 3.05) is 14.2 Å². The minimum atomic E-state index is -3.56. The molecule has 0 bridgehead atoms. The second-order valence-corrected chi connectivity index (χ2v) is 6.47. The first-order valence-electron chi connectivity index (χ1n) is 6.59. The maximum atomic E-state index is 12.6. The number of aryl methyl sites for hydroxylation is 1. The zero-order valence-corrected chi connectivity index (χ0v) is 13.1. The molecule has 0 spiro atoms. The van der Waals surface area contributed by atoms with Crippen molar-refractivity contribution in [2.45, 2.75) is 23.1 Å². The van der Waals surface area contributed by atoms with Crippen LogP contribution in [0.2, 0.25) is 0 Å². The summed E-state index contributed by atoms with van der Waals surface area (Å²) in [6.45, 7) is 2.03. The summed E-state index contributed by atoms with van der Waals surface area (Å²) in [7, 11) is -0.571. The van der Waals surface area contributed by atoms with Gasteiger partial charge < -0.3 is 9.47 Å². The van der Waals surface area contributed by atoms with Gasteiger partial charge in [-0.25, -0.2) is 8.42 Å². The Morgan fingerprint density at radius 1 is 0.857 bits per heavy atom. The topological polar surface area (TPSA) is 52.6 Å². The fraction of sp³-hybridized carbons (Fsp3) is 0.250. The Morgan fingerprint density at radius 2 is 1.43 bits per heavy atom. The number of rotatable bonds is 5. The lowest BCUT2D eigenvalue weighted by Gasteiger charge is -2.10. The Balaban J connectivity index is 2.47. The van der Waals surface area contributed by atoms with Gasteiger partial charge in [0, 0.05) is 6.07 Å². The minimum absolute atomic E-state index is 0.185. The Hall–Kier alpha value is -2.01. The van der Waals surface area contributed by atoms with Crippen LogP contribution in [0, 0.1) is 0 Å². The highest BCUT2D eigenvalue weighted by Crippen LogP contribution is 2.31. The van der Waals surface area contributed by atoms with Crippen molar-refractivity contribution in [1.29, 1.82) is 0 Å². The standard InChI is InChI=1S/C16H18O4S/c1-4-12-5-7-13(8-6-12)21(17,18)14-9-10-15(19-2)16(11-14)20-3/h5-11H,4H2,1-3H3. The average molecular weight is 306 g/mol. The predicted octanol–water partition coefficient (Wildman–Crippen LogP) is 3.10. The summed E-state index contributed by atoms with van der Waals surface area (Å²) >= 11 is 0. The van der Waals surface area contributed by atoms with E-state index in [0.29, 0.717) is 11.5 Å². The monoisotopic (exact) mass is 306 g/mol. The van der Waals surface area contributed by atoms with Gasteiger partial charge >= 0.3 is 0 Å². The number of benzene rings is 2. The number of methoxy groups -OCH3 is 2. The molecule has 4 nitrogen and oxygen atoms in total. The Bertz CT molecular complexity index is 718. The van der Waals surface area contributed by atoms with Crippen molar-refractivity contribution in [2.24, 2.45) is 0 Å². The van der Waals surface area contributed by atoms with Crippen molar-refractivity contribution < 1.29 is 17.9 Å². The van der Waals surface area contributed by atoms with Crippen LogP contribution >= 0.6 is 0 Å². The molecule has 0 heterocycles. The minimum Gasteiger partial charge on any atom is -0.493 e. The molecule has 0 saturated heterocycles. The number of sulfone groups is 1. The molecule has 5 heteroatoms. The van der Waals surface area contributed by atoms with Gasteiger partial charge in [0.1, 0.15) is 0 Å². The highest BCUT2D eigenvalue weighted by molar-refractivity contribution is 7.91. The second kappa shape index (κ2) is 6.18. The molecule has 0 radical (unpaired) electrons. The summed E-state index contributed by atoms with van der Waals surface area (Å²) in [6.07, 6.45) is 0.872. The smallest absolute Gasteiger partial charge is 0.206 e. The van der Waals surface area contributed by atoms with E-state index in [1.165, 1.54) is 26.4 Å². The lowest BCUT2D eigenvalue weighted by Crippen LogP contribution is -2.03. The molecule has 0 aliphatic heterocycles. The van der Waals surface area contributed by atoms with Crippen molar-refractivity contribution >= 4 is 9.84 Å². The second-order valence-electron chi connectivity index (χ2n) is 4.52. The lowest BCUT2D eigenvalue weighted by molar-refractivity contribution is 0.354. The molecule has 0 aliphatic carbocycles. The van der Waals surface area contributed by atoms with Crippen molar-refractivity contribution in [1.82, 2.24) is 0 Å². The summed E-state index contributed by atoms with van der Waals surface area (Å²) < 4.78 is 35.5. The first-order chi connectivity index (χ1) is 10.0. The van der Waals surface area contributed by atoms with E-state index in [1.807, 2.05) is 19.1 Å². The van der Waals surface area contributed by atoms with E-state index >= 15 is 0 Å². The maximum absolute atomic E-state index is 12.6. The summed E-state index contributed by atoms with van der Waals surface area (Å²) in [5.41, 5.74) is 1.10. The fourth-order valence-corrected chi connectivity index (χ4v) is 3.30. The quantitative estimate of drug-likeness (QED) is 0.852. The van der Waals surface area contributed by atoms with Gasteiger partial charge in [0.25, 0.3) is 0 Å². The van der Waals surface area contributed by atoms with Gasteiger partial charge in [-0.05, 0) is 36.2 Å². The molecule has 21 heavy (non-hydrogen) atoms. The molecule has 0 saturated carbocycles. The molecule has 0 N–H and O–H groups in total. The van der Waals surface area contributed by atoms with Crippen molar-refractivity contribution in [3.05, 3.63) is 48.0 Å². The molecule has 2 rings (SSSR count). The Morgan fingerprint density at radius 3 is 1.95 bits per heavy atom. The van der Waals surface area contributed by atoms with Crippen LogP contribution in [-0.4, -0.2) is 22.6 Å². The molecule has 0 aliphatic rings. The number of ether oxygens (including phenoxy) is 2. The first kappa shape index (κ1) is 15.4. The van der Waals surface area contributed by atoms with Crippen LogP contribution in [0.5, 0.6) is 11.5 Å². The van der Waals surface area contributed by atoms with Crippen LogP contribution in [0.3, 0.4) is 0 Å². The summed E-state index contributed by atoms with van der Waals surface area (Å²) in [6, 6.07) is 11.5. The third-order valence-electron chi connectivity index (χ3n) is 3.31. The molecule has 0 atom stereocenters. The van der Waals surface area contributed by atoms with Crippen molar-refractivity contribution in [3.63, 3.8) is 0 Å². The van der Waals surface area contributed by atoms with Gasteiger partial charge in [-0.1, -0.05) is 19.1 Å². The van der Waals surface area contributed by atoms with E-state index < -0.39 is 9.84 Å². The van der Waals surface area contributed by atoms with Gasteiger partial charge in [-0.2, -0.15) is 0 Å². The van der Waals surface area contributed by atoms with Crippen LogP contribution in [0.15, 0.2) is 52.3 Å². The Kier molecular flexibility index (Phi) is 4.53.